The van der Waals surface area contributed by atoms with Gasteiger partial charge in [0.25, 0.3) is 0 Å². The predicted molar refractivity (Wildman–Crippen MR) is 70.6 cm³/mol. The number of rotatable bonds is 7. The van der Waals surface area contributed by atoms with Gasteiger partial charge in [0.2, 0.25) is 0 Å². The molecule has 1 aromatic rings. The third-order valence-electron chi connectivity index (χ3n) is 2.52. The SMILES string of the molecule is CCOP(=O)(C[C@H](C)c1ccccc1)OCC. The van der Waals surface area contributed by atoms with Crippen LogP contribution in [0.15, 0.2) is 30.3 Å². The van der Waals surface area contributed by atoms with E-state index in [1.54, 1.807) is 0 Å². The second-order valence-corrected chi connectivity index (χ2v) is 6.04. The van der Waals surface area contributed by atoms with Crippen LogP contribution in [0.25, 0.3) is 0 Å². The summed E-state index contributed by atoms with van der Waals surface area (Å²) in [5.74, 6) is 0.167. The van der Waals surface area contributed by atoms with Crippen LogP contribution in [0, 0.1) is 0 Å². The summed E-state index contributed by atoms with van der Waals surface area (Å²) >= 11 is 0. The van der Waals surface area contributed by atoms with Crippen LogP contribution in [-0.4, -0.2) is 19.4 Å². The fourth-order valence-corrected chi connectivity index (χ4v) is 3.71. The minimum Gasteiger partial charge on any atom is -0.309 e. The smallest absolute Gasteiger partial charge is 0.309 e. The summed E-state index contributed by atoms with van der Waals surface area (Å²) in [6, 6.07) is 10.0. The van der Waals surface area contributed by atoms with Crippen molar-refractivity contribution in [2.24, 2.45) is 0 Å². The van der Waals surface area contributed by atoms with Crippen LogP contribution in [-0.2, 0) is 13.6 Å². The third-order valence-corrected chi connectivity index (χ3v) is 4.82. The first-order valence-corrected chi connectivity index (χ1v) is 7.77. The van der Waals surface area contributed by atoms with E-state index in [0.29, 0.717) is 19.4 Å². The van der Waals surface area contributed by atoms with Gasteiger partial charge in [-0.3, -0.25) is 4.57 Å². The summed E-state index contributed by atoms with van der Waals surface area (Å²) in [6.45, 7) is 6.54. The third kappa shape index (κ3) is 4.63. The fraction of sp³-hybridized carbons (Fsp3) is 0.538. The van der Waals surface area contributed by atoms with Crippen LogP contribution < -0.4 is 0 Å². The van der Waals surface area contributed by atoms with Crippen LogP contribution in [0.5, 0.6) is 0 Å². The molecule has 0 saturated carbocycles. The topological polar surface area (TPSA) is 35.5 Å². The van der Waals surface area contributed by atoms with Crippen LogP contribution in [0.1, 0.15) is 32.3 Å². The first-order chi connectivity index (χ1) is 8.11. The number of benzene rings is 1. The van der Waals surface area contributed by atoms with Gasteiger partial charge in [-0.2, -0.15) is 0 Å². The molecule has 96 valence electrons. The lowest BCUT2D eigenvalue weighted by Gasteiger charge is -2.20. The van der Waals surface area contributed by atoms with Gasteiger partial charge < -0.3 is 9.05 Å². The molecular formula is C13H21O3P. The van der Waals surface area contributed by atoms with Crippen molar-refractivity contribution in [2.45, 2.75) is 26.7 Å². The van der Waals surface area contributed by atoms with Crippen molar-refractivity contribution in [3.63, 3.8) is 0 Å². The predicted octanol–water partition coefficient (Wildman–Crippen LogP) is 4.06. The maximum absolute atomic E-state index is 12.4. The maximum atomic E-state index is 12.4. The second kappa shape index (κ2) is 6.95. The van der Waals surface area contributed by atoms with Gasteiger partial charge in [0.1, 0.15) is 0 Å². The van der Waals surface area contributed by atoms with Crippen molar-refractivity contribution >= 4 is 7.60 Å². The monoisotopic (exact) mass is 256 g/mol. The lowest BCUT2D eigenvalue weighted by atomic mass is 10.0. The van der Waals surface area contributed by atoms with E-state index in [9.17, 15) is 4.57 Å². The van der Waals surface area contributed by atoms with E-state index >= 15 is 0 Å². The van der Waals surface area contributed by atoms with Gasteiger partial charge in [-0.25, -0.2) is 0 Å². The van der Waals surface area contributed by atoms with Crippen LogP contribution >= 0.6 is 7.60 Å². The number of hydrogen-bond donors (Lipinski definition) is 0. The van der Waals surface area contributed by atoms with Gasteiger partial charge >= 0.3 is 7.60 Å². The molecule has 17 heavy (non-hydrogen) atoms. The quantitative estimate of drug-likeness (QED) is 0.690. The largest absolute Gasteiger partial charge is 0.331 e. The summed E-state index contributed by atoms with van der Waals surface area (Å²) in [7, 11) is -2.94. The molecule has 3 nitrogen and oxygen atoms in total. The molecule has 0 unspecified atom stereocenters. The zero-order valence-electron chi connectivity index (χ0n) is 10.8. The highest BCUT2D eigenvalue weighted by atomic mass is 31.2. The van der Waals surface area contributed by atoms with E-state index in [-0.39, 0.29) is 5.92 Å². The Bertz CT molecular complexity index is 354. The molecule has 0 spiro atoms. The fourth-order valence-electron chi connectivity index (χ4n) is 1.76. The van der Waals surface area contributed by atoms with Crippen molar-refractivity contribution in [1.29, 1.82) is 0 Å². The van der Waals surface area contributed by atoms with E-state index in [2.05, 4.69) is 0 Å². The average Bonchev–Trinajstić information content (AvgIpc) is 2.30. The molecule has 1 atom stereocenters. The Morgan fingerprint density at radius 3 is 2.12 bits per heavy atom. The van der Waals surface area contributed by atoms with Crippen LogP contribution in [0.4, 0.5) is 0 Å². The molecule has 1 rings (SSSR count). The van der Waals surface area contributed by atoms with Gasteiger partial charge in [0.15, 0.2) is 0 Å². The Labute approximate surface area is 104 Å². The summed E-state index contributed by atoms with van der Waals surface area (Å²) < 4.78 is 22.9. The van der Waals surface area contributed by atoms with Crippen molar-refractivity contribution in [2.75, 3.05) is 19.4 Å². The molecule has 0 heterocycles. The van der Waals surface area contributed by atoms with Gasteiger partial charge in [0.05, 0.1) is 19.4 Å². The van der Waals surface area contributed by atoms with Crippen LogP contribution in [0.2, 0.25) is 0 Å². The first kappa shape index (κ1) is 14.4. The molecule has 0 aliphatic rings. The Morgan fingerprint density at radius 2 is 1.65 bits per heavy atom. The molecule has 0 bridgehead atoms. The molecule has 0 saturated heterocycles. The van der Waals surface area contributed by atoms with Crippen LogP contribution in [0.3, 0.4) is 0 Å². The first-order valence-electron chi connectivity index (χ1n) is 6.04. The molecular weight excluding hydrogens is 235 g/mol. The normalized spacial score (nSPS) is 13.6. The minimum atomic E-state index is -2.94. The lowest BCUT2D eigenvalue weighted by Crippen LogP contribution is -2.06. The summed E-state index contributed by atoms with van der Waals surface area (Å²) in [6.07, 6.45) is 0.429. The molecule has 1 aromatic carbocycles. The molecule has 0 aliphatic heterocycles. The minimum absolute atomic E-state index is 0.167. The zero-order valence-corrected chi connectivity index (χ0v) is 11.7. The Kier molecular flexibility index (Phi) is 5.90. The molecule has 0 fully saturated rings. The van der Waals surface area contributed by atoms with Crippen molar-refractivity contribution < 1.29 is 13.6 Å². The summed E-state index contributed by atoms with van der Waals surface area (Å²) in [5.41, 5.74) is 1.16. The van der Waals surface area contributed by atoms with Gasteiger partial charge in [0, 0.05) is 0 Å². The molecule has 0 amide bonds. The molecule has 0 radical (unpaired) electrons. The maximum Gasteiger partial charge on any atom is 0.331 e. The molecule has 0 aliphatic carbocycles. The van der Waals surface area contributed by atoms with Gasteiger partial charge in [-0.1, -0.05) is 37.3 Å². The molecule has 0 N–H and O–H groups in total. The van der Waals surface area contributed by atoms with E-state index in [0.717, 1.165) is 5.56 Å². The standard InChI is InChI=1S/C13H21O3P/c1-4-15-17(14,16-5-2)11-12(3)13-9-7-6-8-10-13/h6-10,12H,4-5,11H2,1-3H3/t12-/m0/s1. The van der Waals surface area contributed by atoms with Crippen molar-refractivity contribution in [3.05, 3.63) is 35.9 Å². The summed E-state index contributed by atoms with van der Waals surface area (Å²) in [4.78, 5) is 0. The molecule has 0 aromatic heterocycles. The Balaban J connectivity index is 2.71. The zero-order chi connectivity index (χ0) is 12.7. The highest BCUT2D eigenvalue weighted by Gasteiger charge is 2.26. The highest BCUT2D eigenvalue weighted by Crippen LogP contribution is 2.51. The van der Waals surface area contributed by atoms with Crippen molar-refractivity contribution in [3.8, 4) is 0 Å². The van der Waals surface area contributed by atoms with E-state index < -0.39 is 7.60 Å². The van der Waals surface area contributed by atoms with E-state index in [4.69, 9.17) is 9.05 Å². The average molecular weight is 256 g/mol. The second-order valence-electron chi connectivity index (χ2n) is 3.94. The van der Waals surface area contributed by atoms with Crippen molar-refractivity contribution in [1.82, 2.24) is 0 Å². The summed E-state index contributed by atoms with van der Waals surface area (Å²) in [5, 5.41) is 0. The molecule has 4 heteroatoms. The highest BCUT2D eigenvalue weighted by molar-refractivity contribution is 7.53. The van der Waals surface area contributed by atoms with E-state index in [1.165, 1.54) is 0 Å². The van der Waals surface area contributed by atoms with Gasteiger partial charge in [-0.15, -0.1) is 0 Å². The van der Waals surface area contributed by atoms with Gasteiger partial charge in [-0.05, 0) is 25.3 Å². The van der Waals surface area contributed by atoms with E-state index in [1.807, 2.05) is 51.1 Å². The number of hydrogen-bond acceptors (Lipinski definition) is 3. The lowest BCUT2D eigenvalue weighted by molar-refractivity contribution is 0.219. The Morgan fingerprint density at radius 1 is 1.12 bits per heavy atom. The Hall–Kier alpha value is -0.630.